The van der Waals surface area contributed by atoms with E-state index in [0.29, 0.717) is 15.2 Å². The van der Waals surface area contributed by atoms with Crippen molar-refractivity contribution in [3.63, 3.8) is 0 Å². The molecule has 2 nitrogen and oxygen atoms in total. The average Bonchev–Trinajstić information content (AvgIpc) is 2.43. The molecular weight excluding hydrogens is 424 g/mol. The number of ether oxygens (including phenoxy) is 1. The van der Waals surface area contributed by atoms with Crippen LogP contribution in [-0.4, -0.2) is 14.2 Å². The lowest BCUT2D eigenvalue weighted by molar-refractivity contribution is 0.402. The van der Waals surface area contributed by atoms with Crippen molar-refractivity contribution in [3.05, 3.63) is 61.2 Å². The number of hydrogen-bond acceptors (Lipinski definition) is 2. The smallest absolute Gasteiger partial charge is 0.138 e. The van der Waals surface area contributed by atoms with Crippen molar-refractivity contribution >= 4 is 43.5 Å². The molecule has 6 heteroatoms. The molecular formula is C15H13Br2ClFNO. The maximum absolute atomic E-state index is 13.8. The summed E-state index contributed by atoms with van der Waals surface area (Å²) in [6.45, 7) is 0. The number of halogens is 4. The molecule has 0 heterocycles. The number of hydrogen-bond donors (Lipinski definition) is 1. The van der Waals surface area contributed by atoms with Gasteiger partial charge in [0, 0.05) is 10.6 Å². The molecule has 0 saturated heterocycles. The van der Waals surface area contributed by atoms with E-state index in [1.54, 1.807) is 26.3 Å². The lowest BCUT2D eigenvalue weighted by Gasteiger charge is -2.21. The summed E-state index contributed by atoms with van der Waals surface area (Å²) in [4.78, 5) is 0. The Bertz CT molecular complexity index is 666. The van der Waals surface area contributed by atoms with E-state index in [9.17, 15) is 4.39 Å². The first-order chi connectivity index (χ1) is 9.97. The van der Waals surface area contributed by atoms with Crippen LogP contribution in [0.2, 0.25) is 5.02 Å². The van der Waals surface area contributed by atoms with Crippen LogP contribution in [0.25, 0.3) is 0 Å². The quantitative estimate of drug-likeness (QED) is 0.699. The van der Waals surface area contributed by atoms with E-state index in [0.717, 1.165) is 15.6 Å². The normalized spacial score (nSPS) is 12.3. The minimum atomic E-state index is -0.312. The minimum absolute atomic E-state index is 0.238. The van der Waals surface area contributed by atoms with Gasteiger partial charge < -0.3 is 10.1 Å². The number of benzene rings is 2. The molecule has 1 unspecified atom stereocenters. The Morgan fingerprint density at radius 1 is 1.19 bits per heavy atom. The molecule has 0 bridgehead atoms. The van der Waals surface area contributed by atoms with E-state index in [-0.39, 0.29) is 11.9 Å². The first kappa shape index (κ1) is 16.7. The molecule has 0 aromatic heterocycles. The van der Waals surface area contributed by atoms with Crippen molar-refractivity contribution in [1.29, 1.82) is 0 Å². The molecule has 112 valence electrons. The Labute approximate surface area is 144 Å². The molecule has 0 aliphatic rings. The number of nitrogens with one attached hydrogen (secondary N) is 1. The second-order valence-corrected chi connectivity index (χ2v) is 6.55. The molecule has 0 saturated carbocycles. The maximum Gasteiger partial charge on any atom is 0.138 e. The molecule has 0 fully saturated rings. The third-order valence-electron chi connectivity index (χ3n) is 3.12. The van der Waals surface area contributed by atoms with Gasteiger partial charge in [0.2, 0.25) is 0 Å². The fraction of sp³-hybridized carbons (Fsp3) is 0.200. The van der Waals surface area contributed by atoms with E-state index in [1.165, 1.54) is 6.07 Å². The van der Waals surface area contributed by atoms with E-state index in [4.69, 9.17) is 16.3 Å². The van der Waals surface area contributed by atoms with Crippen LogP contribution in [0.3, 0.4) is 0 Å². The molecule has 0 spiro atoms. The topological polar surface area (TPSA) is 21.3 Å². The molecule has 2 aromatic rings. The Morgan fingerprint density at radius 2 is 1.90 bits per heavy atom. The molecule has 1 N–H and O–H groups in total. The summed E-state index contributed by atoms with van der Waals surface area (Å²) >= 11 is 12.7. The number of methoxy groups -OCH3 is 1. The Hall–Kier alpha value is -0.620. The lowest BCUT2D eigenvalue weighted by Crippen LogP contribution is -2.19. The van der Waals surface area contributed by atoms with Gasteiger partial charge in [0.15, 0.2) is 0 Å². The predicted molar refractivity (Wildman–Crippen MR) is 90.7 cm³/mol. The van der Waals surface area contributed by atoms with E-state index >= 15 is 0 Å². The molecule has 2 rings (SSSR count). The lowest BCUT2D eigenvalue weighted by atomic mass is 9.98. The third kappa shape index (κ3) is 3.59. The van der Waals surface area contributed by atoms with Gasteiger partial charge in [-0.1, -0.05) is 17.7 Å². The van der Waals surface area contributed by atoms with E-state index < -0.39 is 0 Å². The van der Waals surface area contributed by atoms with Gasteiger partial charge in [-0.05, 0) is 68.7 Å². The van der Waals surface area contributed by atoms with Gasteiger partial charge in [-0.25, -0.2) is 4.39 Å². The monoisotopic (exact) mass is 435 g/mol. The molecule has 0 radical (unpaired) electrons. The summed E-state index contributed by atoms with van der Waals surface area (Å²) in [6, 6.07) is 8.35. The molecule has 0 aliphatic heterocycles. The Kier molecular flexibility index (Phi) is 5.66. The molecule has 1 atom stereocenters. The third-order valence-corrected chi connectivity index (χ3v) is 4.57. The molecule has 2 aromatic carbocycles. The Balaban J connectivity index is 2.58. The van der Waals surface area contributed by atoms with Crippen molar-refractivity contribution in [3.8, 4) is 5.75 Å². The zero-order chi connectivity index (χ0) is 15.6. The van der Waals surface area contributed by atoms with Gasteiger partial charge in [0.05, 0.1) is 22.1 Å². The summed E-state index contributed by atoms with van der Waals surface area (Å²) in [5.74, 6) is 0.356. The summed E-state index contributed by atoms with van der Waals surface area (Å²) < 4.78 is 20.4. The second-order valence-electron chi connectivity index (χ2n) is 4.41. The van der Waals surface area contributed by atoms with Crippen molar-refractivity contribution in [1.82, 2.24) is 5.32 Å². The summed E-state index contributed by atoms with van der Waals surface area (Å²) in [7, 11) is 3.39. The molecule has 21 heavy (non-hydrogen) atoms. The second kappa shape index (κ2) is 7.09. The van der Waals surface area contributed by atoms with Crippen molar-refractivity contribution in [2.75, 3.05) is 14.2 Å². The largest absolute Gasteiger partial charge is 0.495 e. The Morgan fingerprint density at radius 3 is 2.48 bits per heavy atom. The van der Waals surface area contributed by atoms with Gasteiger partial charge in [-0.2, -0.15) is 0 Å². The zero-order valence-corrected chi connectivity index (χ0v) is 15.3. The van der Waals surface area contributed by atoms with Crippen LogP contribution in [0.15, 0.2) is 39.3 Å². The first-order valence-electron chi connectivity index (χ1n) is 6.13. The van der Waals surface area contributed by atoms with Gasteiger partial charge in [-0.15, -0.1) is 0 Å². The molecule has 0 aliphatic carbocycles. The van der Waals surface area contributed by atoms with Gasteiger partial charge in [-0.3, -0.25) is 0 Å². The van der Waals surface area contributed by atoms with Crippen LogP contribution in [0, 0.1) is 5.82 Å². The van der Waals surface area contributed by atoms with Crippen LogP contribution in [0.5, 0.6) is 5.75 Å². The van der Waals surface area contributed by atoms with Crippen LogP contribution in [-0.2, 0) is 0 Å². The first-order valence-corrected chi connectivity index (χ1v) is 8.09. The standard InChI is InChI=1S/C15H13Br2ClFNO/c1-20-14(8-3-4-11(16)13(19)5-8)10-6-9(18)7-12(17)15(10)21-2/h3-7,14,20H,1-2H3. The highest BCUT2D eigenvalue weighted by atomic mass is 79.9. The highest BCUT2D eigenvalue weighted by Gasteiger charge is 2.20. The average molecular weight is 438 g/mol. The fourth-order valence-corrected chi connectivity index (χ4v) is 3.45. The van der Waals surface area contributed by atoms with Crippen LogP contribution in [0.1, 0.15) is 17.2 Å². The number of rotatable bonds is 4. The predicted octanol–water partition coefficient (Wildman–Crippen LogP) is 5.32. The van der Waals surface area contributed by atoms with E-state index in [1.807, 2.05) is 12.1 Å². The SMILES string of the molecule is CNC(c1ccc(Br)c(F)c1)c1cc(Cl)cc(Br)c1OC. The van der Waals surface area contributed by atoms with E-state index in [2.05, 4.69) is 37.2 Å². The van der Waals surface area contributed by atoms with Crippen LogP contribution >= 0.6 is 43.5 Å². The van der Waals surface area contributed by atoms with Gasteiger partial charge in [0.25, 0.3) is 0 Å². The van der Waals surface area contributed by atoms with Crippen molar-refractivity contribution < 1.29 is 9.13 Å². The summed E-state index contributed by atoms with van der Waals surface area (Å²) in [6.07, 6.45) is 0. The van der Waals surface area contributed by atoms with Crippen LogP contribution < -0.4 is 10.1 Å². The van der Waals surface area contributed by atoms with Crippen molar-refractivity contribution in [2.24, 2.45) is 0 Å². The highest BCUT2D eigenvalue weighted by Crippen LogP contribution is 2.38. The fourth-order valence-electron chi connectivity index (χ4n) is 2.20. The zero-order valence-electron chi connectivity index (χ0n) is 11.4. The van der Waals surface area contributed by atoms with Crippen molar-refractivity contribution in [2.45, 2.75) is 6.04 Å². The van der Waals surface area contributed by atoms with Gasteiger partial charge in [0.1, 0.15) is 11.6 Å². The maximum atomic E-state index is 13.8. The van der Waals surface area contributed by atoms with Gasteiger partial charge >= 0.3 is 0 Å². The van der Waals surface area contributed by atoms with Crippen LogP contribution in [0.4, 0.5) is 4.39 Å². The summed E-state index contributed by atoms with van der Waals surface area (Å²) in [5, 5.41) is 3.75. The summed E-state index contributed by atoms with van der Waals surface area (Å²) in [5.41, 5.74) is 1.62. The highest BCUT2D eigenvalue weighted by molar-refractivity contribution is 9.10. The minimum Gasteiger partial charge on any atom is -0.495 e. The molecule has 0 amide bonds.